The van der Waals surface area contributed by atoms with E-state index in [0.717, 1.165) is 5.56 Å². The predicted molar refractivity (Wildman–Crippen MR) is 84.9 cm³/mol. The van der Waals surface area contributed by atoms with Crippen molar-refractivity contribution in [1.29, 1.82) is 5.26 Å². The van der Waals surface area contributed by atoms with E-state index in [0.29, 0.717) is 19.4 Å². The van der Waals surface area contributed by atoms with Gasteiger partial charge in [0.05, 0.1) is 12.1 Å². The Bertz CT molecular complexity index is 619. The molecule has 1 aliphatic rings. The number of nitrogens with zero attached hydrogens (tertiary/aromatic N) is 2. The topological polar surface area (TPSA) is 70.4 Å². The highest BCUT2D eigenvalue weighted by Gasteiger charge is 2.26. The van der Waals surface area contributed by atoms with Gasteiger partial charge in [0.2, 0.25) is 5.91 Å². The predicted octanol–water partition coefficient (Wildman–Crippen LogP) is 2.58. The van der Waals surface area contributed by atoms with Gasteiger partial charge < -0.3 is 9.64 Å². The lowest BCUT2D eigenvalue weighted by Gasteiger charge is -2.33. The van der Waals surface area contributed by atoms with Gasteiger partial charge in [0.25, 0.3) is 0 Å². The van der Waals surface area contributed by atoms with Gasteiger partial charge in [-0.1, -0.05) is 36.4 Å². The molecule has 0 spiro atoms. The van der Waals surface area contributed by atoms with E-state index in [1.54, 1.807) is 4.90 Å². The molecule has 5 nitrogen and oxygen atoms in total. The van der Waals surface area contributed by atoms with E-state index in [9.17, 15) is 9.59 Å². The van der Waals surface area contributed by atoms with Crippen LogP contribution < -0.4 is 0 Å². The minimum Gasteiger partial charge on any atom is -0.458 e. The Hall–Kier alpha value is -2.61. The van der Waals surface area contributed by atoms with Gasteiger partial charge in [-0.05, 0) is 24.5 Å². The van der Waals surface area contributed by atoms with Gasteiger partial charge in [-0.2, -0.15) is 5.26 Å². The average Bonchev–Trinajstić information content (AvgIpc) is 2.54. The summed E-state index contributed by atoms with van der Waals surface area (Å²) in [4.78, 5) is 25.0. The number of carbonyl (C=O) groups excluding carboxylic acids is 2. The molecule has 5 heteroatoms. The molecule has 0 aliphatic heterocycles. The number of benzene rings is 1. The molecule has 1 aromatic rings. The Morgan fingerprint density at radius 2 is 2.00 bits per heavy atom. The summed E-state index contributed by atoms with van der Waals surface area (Å²) in [6, 6.07) is 11.5. The molecule has 0 heterocycles. The normalized spacial score (nSPS) is 19.7. The van der Waals surface area contributed by atoms with Crippen LogP contribution in [0.4, 0.5) is 0 Å². The molecule has 0 bridgehead atoms. The third-order valence-corrected chi connectivity index (χ3v) is 3.76. The molecule has 2 atom stereocenters. The van der Waals surface area contributed by atoms with E-state index in [-0.39, 0.29) is 30.4 Å². The Balaban J connectivity index is 2.10. The van der Waals surface area contributed by atoms with Crippen molar-refractivity contribution in [2.45, 2.75) is 44.9 Å². The standard InChI is InChI=1S/C18H20N2O3/c1-14(21)23-17-9-7-16(8-10-17)20(18(22)11-12-19)13-15-5-3-2-4-6-15/h2-7,9,16-17H,8,10-11,13H2,1H3/t16-,17+/m0/s1. The van der Waals surface area contributed by atoms with Crippen molar-refractivity contribution in [2.75, 3.05) is 0 Å². The summed E-state index contributed by atoms with van der Waals surface area (Å²) in [5, 5.41) is 8.82. The number of ether oxygens (including phenoxy) is 1. The van der Waals surface area contributed by atoms with Crippen LogP contribution in [0.5, 0.6) is 0 Å². The fraction of sp³-hybridized carbons (Fsp3) is 0.389. The summed E-state index contributed by atoms with van der Waals surface area (Å²) in [5.41, 5.74) is 1.02. The largest absolute Gasteiger partial charge is 0.458 e. The zero-order chi connectivity index (χ0) is 16.7. The van der Waals surface area contributed by atoms with Crippen molar-refractivity contribution in [3.8, 4) is 6.07 Å². The highest BCUT2D eigenvalue weighted by Crippen LogP contribution is 2.22. The maximum Gasteiger partial charge on any atom is 0.303 e. The SMILES string of the molecule is CC(=O)O[C@@H]1C=C[C@H](N(Cc2ccccc2)C(=O)CC#N)CC1. The molecule has 1 aliphatic carbocycles. The molecule has 23 heavy (non-hydrogen) atoms. The molecule has 0 N–H and O–H groups in total. The van der Waals surface area contributed by atoms with Gasteiger partial charge in [-0.15, -0.1) is 0 Å². The lowest BCUT2D eigenvalue weighted by Crippen LogP contribution is -2.40. The van der Waals surface area contributed by atoms with E-state index < -0.39 is 0 Å². The summed E-state index contributed by atoms with van der Waals surface area (Å²) in [6.07, 6.45) is 4.74. The van der Waals surface area contributed by atoms with Crippen molar-refractivity contribution >= 4 is 11.9 Å². The lowest BCUT2D eigenvalue weighted by molar-refractivity contribution is -0.145. The molecule has 0 aromatic heterocycles. The highest BCUT2D eigenvalue weighted by atomic mass is 16.5. The van der Waals surface area contributed by atoms with Gasteiger partial charge in [-0.3, -0.25) is 9.59 Å². The van der Waals surface area contributed by atoms with E-state index in [4.69, 9.17) is 10.00 Å². The van der Waals surface area contributed by atoms with Crippen molar-refractivity contribution in [1.82, 2.24) is 4.90 Å². The van der Waals surface area contributed by atoms with Crippen LogP contribution in [0.2, 0.25) is 0 Å². The second-order valence-corrected chi connectivity index (χ2v) is 5.52. The molecule has 0 fully saturated rings. The van der Waals surface area contributed by atoms with Crippen LogP contribution >= 0.6 is 0 Å². The zero-order valence-electron chi connectivity index (χ0n) is 13.1. The summed E-state index contributed by atoms with van der Waals surface area (Å²) >= 11 is 0. The molecule has 2 rings (SSSR count). The number of rotatable bonds is 5. The first-order chi connectivity index (χ1) is 11.1. The van der Waals surface area contributed by atoms with Crippen LogP contribution in [-0.4, -0.2) is 28.9 Å². The first-order valence-corrected chi connectivity index (χ1v) is 7.66. The van der Waals surface area contributed by atoms with Gasteiger partial charge >= 0.3 is 5.97 Å². The van der Waals surface area contributed by atoms with Gasteiger partial charge in [-0.25, -0.2) is 0 Å². The molecule has 0 unspecified atom stereocenters. The van der Waals surface area contributed by atoms with Crippen LogP contribution in [0.3, 0.4) is 0 Å². The Morgan fingerprint density at radius 3 is 2.57 bits per heavy atom. The molecule has 1 amide bonds. The van der Waals surface area contributed by atoms with E-state index >= 15 is 0 Å². The van der Waals surface area contributed by atoms with E-state index in [1.165, 1.54) is 6.92 Å². The fourth-order valence-electron chi connectivity index (χ4n) is 2.69. The Morgan fingerprint density at radius 1 is 1.26 bits per heavy atom. The maximum absolute atomic E-state index is 12.3. The smallest absolute Gasteiger partial charge is 0.303 e. The Kier molecular flexibility index (Phi) is 5.93. The summed E-state index contributed by atoms with van der Waals surface area (Å²) in [7, 11) is 0. The molecule has 0 saturated heterocycles. The third-order valence-electron chi connectivity index (χ3n) is 3.76. The molecule has 120 valence electrons. The number of hydrogen-bond acceptors (Lipinski definition) is 4. The number of amides is 1. The monoisotopic (exact) mass is 312 g/mol. The van der Waals surface area contributed by atoms with E-state index in [2.05, 4.69) is 0 Å². The second kappa shape index (κ2) is 8.14. The zero-order valence-corrected chi connectivity index (χ0v) is 13.1. The van der Waals surface area contributed by atoms with Crippen LogP contribution in [0, 0.1) is 11.3 Å². The minimum absolute atomic E-state index is 0.0807. The molecule has 0 saturated carbocycles. The first kappa shape index (κ1) is 16.8. The minimum atomic E-state index is -0.306. The van der Waals surface area contributed by atoms with Crippen LogP contribution in [0.25, 0.3) is 0 Å². The third kappa shape index (κ3) is 4.96. The second-order valence-electron chi connectivity index (χ2n) is 5.52. The van der Waals surface area contributed by atoms with Crippen LogP contribution in [0.15, 0.2) is 42.5 Å². The summed E-state index contributed by atoms with van der Waals surface area (Å²) in [5.74, 6) is -0.489. The number of esters is 1. The summed E-state index contributed by atoms with van der Waals surface area (Å²) < 4.78 is 5.16. The van der Waals surface area contributed by atoms with Crippen LogP contribution in [-0.2, 0) is 20.9 Å². The van der Waals surface area contributed by atoms with E-state index in [1.807, 2.05) is 48.6 Å². The molecule has 0 radical (unpaired) electrons. The molecular formula is C18H20N2O3. The van der Waals surface area contributed by atoms with Gasteiger partial charge in [0.15, 0.2) is 0 Å². The van der Waals surface area contributed by atoms with Crippen LogP contribution in [0.1, 0.15) is 31.7 Å². The molecule has 1 aromatic carbocycles. The van der Waals surface area contributed by atoms with Crippen molar-refractivity contribution in [3.63, 3.8) is 0 Å². The molecular weight excluding hydrogens is 292 g/mol. The van der Waals surface area contributed by atoms with Gasteiger partial charge in [0, 0.05) is 13.5 Å². The number of nitriles is 1. The number of carbonyl (C=O) groups is 2. The lowest BCUT2D eigenvalue weighted by atomic mass is 9.98. The average molecular weight is 312 g/mol. The first-order valence-electron chi connectivity index (χ1n) is 7.66. The van der Waals surface area contributed by atoms with Crippen molar-refractivity contribution in [2.24, 2.45) is 0 Å². The van der Waals surface area contributed by atoms with Crippen molar-refractivity contribution in [3.05, 3.63) is 48.0 Å². The maximum atomic E-state index is 12.3. The quantitative estimate of drug-likeness (QED) is 0.619. The number of hydrogen-bond donors (Lipinski definition) is 0. The Labute approximate surface area is 136 Å². The van der Waals surface area contributed by atoms with Crippen molar-refractivity contribution < 1.29 is 14.3 Å². The fourth-order valence-corrected chi connectivity index (χ4v) is 2.69. The summed E-state index contributed by atoms with van der Waals surface area (Å²) in [6.45, 7) is 1.85. The van der Waals surface area contributed by atoms with Gasteiger partial charge in [0.1, 0.15) is 12.5 Å². The highest BCUT2D eigenvalue weighted by molar-refractivity contribution is 5.78.